The predicted molar refractivity (Wildman–Crippen MR) is 133 cm³/mol. The maximum absolute atomic E-state index is 13.3. The number of hydrogen-bond acceptors (Lipinski definition) is 2. The van der Waals surface area contributed by atoms with Crippen LogP contribution in [-0.2, 0) is 16.8 Å². The maximum atomic E-state index is 13.3. The van der Waals surface area contributed by atoms with Gasteiger partial charge >= 0.3 is 12.0 Å². The molecule has 0 unspecified atom stereocenters. The van der Waals surface area contributed by atoms with E-state index in [4.69, 9.17) is 11.6 Å². The molecule has 182 valence electrons. The van der Waals surface area contributed by atoms with Crippen molar-refractivity contribution >= 4 is 23.6 Å². The molecule has 0 bridgehead atoms. The first kappa shape index (κ1) is 25.6. The summed E-state index contributed by atoms with van der Waals surface area (Å²) < 4.78 is 0. The molecule has 0 saturated heterocycles. The van der Waals surface area contributed by atoms with Crippen LogP contribution in [0.1, 0.15) is 84.8 Å². The number of carboxylic acid groups (broad SMARTS) is 1. The Balaban J connectivity index is 1.87. The number of carbonyl (C=O) groups excluding carboxylic acids is 1. The van der Waals surface area contributed by atoms with Gasteiger partial charge in [-0.3, -0.25) is 9.69 Å². The zero-order valence-electron chi connectivity index (χ0n) is 20.9. The van der Waals surface area contributed by atoms with Crippen LogP contribution in [0, 0.1) is 17.3 Å². The lowest BCUT2D eigenvalue weighted by Gasteiger charge is -2.45. The summed E-state index contributed by atoms with van der Waals surface area (Å²) in [5, 5.41) is 13.3. The van der Waals surface area contributed by atoms with Crippen molar-refractivity contribution in [2.45, 2.75) is 91.6 Å². The Hall–Kier alpha value is -2.01. The molecule has 0 radical (unpaired) electrons. The number of amides is 2. The number of nitrogens with one attached hydrogen (secondary N) is 1. The van der Waals surface area contributed by atoms with Crippen molar-refractivity contribution in [1.82, 2.24) is 10.2 Å². The maximum Gasteiger partial charge on any atom is 0.322 e. The molecular formula is C27H39ClN2O3. The number of aliphatic carboxylic acids is 1. The lowest BCUT2D eigenvalue weighted by molar-refractivity contribution is -0.143. The number of hydrogen-bond donors (Lipinski definition) is 2. The topological polar surface area (TPSA) is 69.6 Å². The minimum absolute atomic E-state index is 0.0299. The zero-order chi connectivity index (χ0) is 24.6. The molecule has 1 saturated carbocycles. The Morgan fingerprint density at radius 1 is 1.24 bits per heavy atom. The van der Waals surface area contributed by atoms with Gasteiger partial charge in [0.2, 0.25) is 0 Å². The summed E-state index contributed by atoms with van der Waals surface area (Å²) in [6, 6.07) is 6.09. The molecule has 3 rings (SSSR count). The van der Waals surface area contributed by atoms with Gasteiger partial charge in [-0.15, -0.1) is 0 Å². The molecule has 1 aliphatic carbocycles. The molecule has 33 heavy (non-hydrogen) atoms. The Labute approximate surface area is 203 Å². The summed E-state index contributed by atoms with van der Waals surface area (Å²) in [6.45, 7) is 13.0. The molecule has 1 atom stereocenters. The minimum atomic E-state index is -0.731. The largest absolute Gasteiger partial charge is 0.481 e. The number of carboxylic acids is 1. The Kier molecular flexibility index (Phi) is 7.52. The third-order valence-electron chi connectivity index (χ3n) is 7.28. The van der Waals surface area contributed by atoms with E-state index in [1.807, 2.05) is 12.3 Å². The van der Waals surface area contributed by atoms with E-state index in [0.717, 1.165) is 34.6 Å². The minimum Gasteiger partial charge on any atom is -0.481 e. The molecule has 1 heterocycles. The van der Waals surface area contributed by atoms with Crippen LogP contribution in [0.25, 0.3) is 0 Å². The number of halogens is 1. The highest BCUT2D eigenvalue weighted by molar-refractivity contribution is 6.31. The van der Waals surface area contributed by atoms with Crippen LogP contribution >= 0.6 is 11.6 Å². The van der Waals surface area contributed by atoms with Crippen LogP contribution in [0.4, 0.5) is 4.79 Å². The van der Waals surface area contributed by atoms with Crippen LogP contribution in [0.3, 0.4) is 0 Å². The van der Waals surface area contributed by atoms with E-state index < -0.39 is 11.5 Å². The van der Waals surface area contributed by atoms with Crippen molar-refractivity contribution < 1.29 is 14.7 Å². The zero-order valence-corrected chi connectivity index (χ0v) is 21.6. The fourth-order valence-corrected chi connectivity index (χ4v) is 5.37. The fraction of sp³-hybridized carbons (Fsp3) is 0.630. The first-order valence-corrected chi connectivity index (χ1v) is 12.5. The van der Waals surface area contributed by atoms with Crippen molar-refractivity contribution in [3.05, 3.63) is 46.1 Å². The molecule has 1 aromatic carbocycles. The molecule has 1 aromatic rings. The SMILES string of the molecule is CC(C)C1=CN([C@H]2CC[C@H](C(=O)O)CC2)C(=O)N[C@]1(C)c1ccc(CCC(C)(C)C)c(Cl)c1. The first-order valence-electron chi connectivity index (χ1n) is 12.2. The summed E-state index contributed by atoms with van der Waals surface area (Å²) in [4.78, 5) is 26.4. The van der Waals surface area contributed by atoms with E-state index in [-0.39, 0.29) is 29.3 Å². The van der Waals surface area contributed by atoms with E-state index in [9.17, 15) is 14.7 Å². The highest BCUT2D eigenvalue weighted by atomic mass is 35.5. The van der Waals surface area contributed by atoms with E-state index in [1.165, 1.54) is 0 Å². The second-order valence-corrected chi connectivity index (χ2v) is 11.8. The number of carbonyl (C=O) groups is 2. The highest BCUT2D eigenvalue weighted by Crippen LogP contribution is 2.40. The molecular weight excluding hydrogens is 436 g/mol. The van der Waals surface area contributed by atoms with E-state index in [1.54, 1.807) is 4.90 Å². The number of aryl methyl sites for hydroxylation is 1. The fourth-order valence-electron chi connectivity index (χ4n) is 5.10. The van der Waals surface area contributed by atoms with Gasteiger partial charge in [-0.25, -0.2) is 4.79 Å². The molecule has 6 heteroatoms. The normalized spacial score (nSPS) is 26.2. The number of rotatable bonds is 6. The molecule has 2 N–H and O–H groups in total. The third-order valence-corrected chi connectivity index (χ3v) is 7.63. The Morgan fingerprint density at radius 2 is 1.88 bits per heavy atom. The molecule has 2 amide bonds. The predicted octanol–water partition coefficient (Wildman–Crippen LogP) is 6.74. The summed E-state index contributed by atoms with van der Waals surface area (Å²) in [6.07, 6.45) is 6.61. The van der Waals surface area contributed by atoms with Gasteiger partial charge < -0.3 is 10.4 Å². The van der Waals surface area contributed by atoms with Gasteiger partial charge in [-0.2, -0.15) is 0 Å². The number of benzene rings is 1. The van der Waals surface area contributed by atoms with Crippen LogP contribution in [0.2, 0.25) is 5.02 Å². The molecule has 1 aliphatic heterocycles. The Morgan fingerprint density at radius 3 is 2.39 bits per heavy atom. The molecule has 0 spiro atoms. The van der Waals surface area contributed by atoms with Gasteiger partial charge in [-0.05, 0) is 79.5 Å². The van der Waals surface area contributed by atoms with Crippen molar-refractivity contribution in [2.24, 2.45) is 17.3 Å². The molecule has 5 nitrogen and oxygen atoms in total. The van der Waals surface area contributed by atoms with Crippen molar-refractivity contribution in [3.63, 3.8) is 0 Å². The monoisotopic (exact) mass is 474 g/mol. The van der Waals surface area contributed by atoms with Crippen LogP contribution in [-0.4, -0.2) is 28.0 Å². The number of nitrogens with zero attached hydrogens (tertiary/aromatic N) is 1. The van der Waals surface area contributed by atoms with Crippen LogP contribution in [0.15, 0.2) is 30.0 Å². The summed E-state index contributed by atoms with van der Waals surface area (Å²) in [5.74, 6) is -0.815. The quantitative estimate of drug-likeness (QED) is 0.479. The average Bonchev–Trinajstić information content (AvgIpc) is 2.72. The lowest BCUT2D eigenvalue weighted by atomic mass is 9.77. The lowest BCUT2D eigenvalue weighted by Crippen LogP contribution is -2.57. The van der Waals surface area contributed by atoms with Gasteiger partial charge in [-0.1, -0.05) is 58.4 Å². The van der Waals surface area contributed by atoms with Crippen LogP contribution in [0.5, 0.6) is 0 Å². The van der Waals surface area contributed by atoms with E-state index >= 15 is 0 Å². The third kappa shape index (κ3) is 5.74. The summed E-state index contributed by atoms with van der Waals surface area (Å²) in [7, 11) is 0. The van der Waals surface area contributed by atoms with Gasteiger partial charge in [0.1, 0.15) is 0 Å². The van der Waals surface area contributed by atoms with Gasteiger partial charge in [0.15, 0.2) is 0 Å². The van der Waals surface area contributed by atoms with Crippen molar-refractivity contribution in [1.29, 1.82) is 0 Å². The standard InChI is InChI=1S/C27H39ClN2O3/c1-17(2)22-16-30(21-11-8-19(9-12-21)24(31)32)25(33)29-27(22,6)20-10-7-18(23(28)15-20)13-14-26(3,4)5/h7,10,15-17,19,21H,8-9,11-14H2,1-6H3,(H,29,33)(H,31,32)/t19-,21-,27-/m1/s1. The Bertz CT molecular complexity index is 926. The van der Waals surface area contributed by atoms with Gasteiger partial charge in [0.05, 0.1) is 11.5 Å². The summed E-state index contributed by atoms with van der Waals surface area (Å²) in [5.41, 5.74) is 2.83. The first-order chi connectivity index (χ1) is 15.3. The molecule has 2 aliphatic rings. The number of urea groups is 1. The second-order valence-electron chi connectivity index (χ2n) is 11.4. The second kappa shape index (κ2) is 9.69. The van der Waals surface area contributed by atoms with E-state index in [2.05, 4.69) is 59.0 Å². The molecule has 0 aromatic heterocycles. The highest BCUT2D eigenvalue weighted by Gasteiger charge is 2.42. The molecule has 1 fully saturated rings. The smallest absolute Gasteiger partial charge is 0.322 e. The van der Waals surface area contributed by atoms with E-state index in [0.29, 0.717) is 25.7 Å². The van der Waals surface area contributed by atoms with Gasteiger partial charge in [0.25, 0.3) is 0 Å². The van der Waals surface area contributed by atoms with Crippen molar-refractivity contribution in [2.75, 3.05) is 0 Å². The van der Waals surface area contributed by atoms with Crippen molar-refractivity contribution in [3.8, 4) is 0 Å². The average molecular weight is 475 g/mol. The van der Waals surface area contributed by atoms with Crippen LogP contribution < -0.4 is 5.32 Å². The van der Waals surface area contributed by atoms with Gasteiger partial charge in [0, 0.05) is 17.3 Å². The summed E-state index contributed by atoms with van der Waals surface area (Å²) >= 11 is 6.70.